The molecule has 0 aliphatic carbocycles. The Balaban J connectivity index is 1.89. The average Bonchev–Trinajstić information content (AvgIpc) is 2.58. The molecule has 0 saturated heterocycles. The summed E-state index contributed by atoms with van der Waals surface area (Å²) in [5.74, 6) is 0.599. The number of benzene rings is 2. The average molecular weight is 354 g/mol. The summed E-state index contributed by atoms with van der Waals surface area (Å²) >= 11 is 0. The van der Waals surface area contributed by atoms with Gasteiger partial charge in [-0.25, -0.2) is 4.79 Å². The molecule has 134 valence electrons. The lowest BCUT2D eigenvalue weighted by atomic mass is 10.2. The van der Waals surface area contributed by atoms with E-state index in [0.717, 1.165) is 0 Å². The zero-order valence-electron chi connectivity index (χ0n) is 13.4. The molecule has 0 heterocycles. The number of urea groups is 1. The van der Waals surface area contributed by atoms with Crippen LogP contribution in [0.4, 0.5) is 23.7 Å². The topological polar surface area (TPSA) is 59.6 Å². The van der Waals surface area contributed by atoms with E-state index in [1.54, 1.807) is 36.4 Å². The number of carbonyl (C=O) groups is 1. The predicted molar refractivity (Wildman–Crippen MR) is 86.8 cm³/mol. The molecule has 0 bridgehead atoms. The second kappa shape index (κ2) is 8.27. The van der Waals surface area contributed by atoms with E-state index >= 15 is 0 Å². The van der Waals surface area contributed by atoms with Crippen molar-refractivity contribution < 1.29 is 27.4 Å². The Labute approximate surface area is 142 Å². The van der Waals surface area contributed by atoms with Crippen molar-refractivity contribution in [2.75, 3.05) is 19.0 Å². The van der Waals surface area contributed by atoms with Crippen molar-refractivity contribution in [3.05, 3.63) is 54.1 Å². The smallest absolute Gasteiger partial charge is 0.422 e. The van der Waals surface area contributed by atoms with Gasteiger partial charge in [0.05, 0.1) is 12.8 Å². The largest absolute Gasteiger partial charge is 0.495 e. The summed E-state index contributed by atoms with van der Waals surface area (Å²) in [4.78, 5) is 11.9. The molecule has 2 amide bonds. The molecule has 0 unspecified atom stereocenters. The van der Waals surface area contributed by atoms with Crippen LogP contribution in [0.25, 0.3) is 0 Å². The van der Waals surface area contributed by atoms with Crippen LogP contribution in [-0.4, -0.2) is 25.9 Å². The second-order valence-corrected chi connectivity index (χ2v) is 5.06. The Morgan fingerprint density at radius 3 is 2.60 bits per heavy atom. The van der Waals surface area contributed by atoms with Crippen molar-refractivity contribution in [2.45, 2.75) is 12.7 Å². The molecule has 0 aliphatic heterocycles. The van der Waals surface area contributed by atoms with Crippen molar-refractivity contribution in [2.24, 2.45) is 0 Å². The number of alkyl halides is 3. The lowest BCUT2D eigenvalue weighted by Crippen LogP contribution is -2.28. The molecule has 0 spiro atoms. The van der Waals surface area contributed by atoms with E-state index in [0.29, 0.717) is 17.0 Å². The van der Waals surface area contributed by atoms with Crippen molar-refractivity contribution >= 4 is 11.7 Å². The highest BCUT2D eigenvalue weighted by atomic mass is 19.4. The van der Waals surface area contributed by atoms with Gasteiger partial charge >= 0.3 is 12.2 Å². The highest BCUT2D eigenvalue weighted by Crippen LogP contribution is 2.23. The standard InChI is InChI=1S/C17H17F3N2O3/c1-24-15-8-3-2-7-14(15)22-16(23)21-10-12-5-4-6-13(9-12)25-11-17(18,19)20/h2-9H,10-11H2,1H3,(H2,21,22,23). The van der Waals surface area contributed by atoms with Crippen molar-refractivity contribution in [1.82, 2.24) is 5.32 Å². The summed E-state index contributed by atoms with van der Waals surface area (Å²) in [5.41, 5.74) is 1.11. The zero-order valence-corrected chi connectivity index (χ0v) is 13.4. The normalized spacial score (nSPS) is 10.9. The number of nitrogens with one attached hydrogen (secondary N) is 2. The van der Waals surface area contributed by atoms with Crippen molar-refractivity contribution in [1.29, 1.82) is 0 Å². The fraction of sp³-hybridized carbons (Fsp3) is 0.235. The maximum Gasteiger partial charge on any atom is 0.422 e. The van der Waals surface area contributed by atoms with Gasteiger partial charge in [-0.3, -0.25) is 0 Å². The zero-order chi connectivity index (χ0) is 18.3. The maximum atomic E-state index is 12.2. The van der Waals surface area contributed by atoms with Crippen molar-refractivity contribution in [3.63, 3.8) is 0 Å². The van der Waals surface area contributed by atoms with E-state index < -0.39 is 18.8 Å². The number of rotatable bonds is 6. The van der Waals surface area contributed by atoms with Gasteiger partial charge in [-0.1, -0.05) is 24.3 Å². The molecule has 0 saturated carbocycles. The molecule has 0 aliphatic rings. The van der Waals surface area contributed by atoms with E-state index in [1.165, 1.54) is 19.2 Å². The predicted octanol–water partition coefficient (Wildman–Crippen LogP) is 3.96. The summed E-state index contributed by atoms with van der Waals surface area (Å²) in [6.07, 6.45) is -4.40. The first kappa shape index (κ1) is 18.4. The molecule has 0 aromatic heterocycles. The summed E-state index contributed by atoms with van der Waals surface area (Å²) < 4.78 is 46.3. The van der Waals surface area contributed by atoms with Gasteiger partial charge in [-0.2, -0.15) is 13.2 Å². The number of amides is 2. The van der Waals surface area contributed by atoms with Crippen molar-refractivity contribution in [3.8, 4) is 11.5 Å². The first-order chi connectivity index (χ1) is 11.9. The van der Waals surface area contributed by atoms with E-state index in [2.05, 4.69) is 15.4 Å². The second-order valence-electron chi connectivity index (χ2n) is 5.06. The molecule has 2 rings (SSSR count). The van der Waals surface area contributed by atoms with E-state index in [1.807, 2.05) is 0 Å². The number of hydrogen-bond donors (Lipinski definition) is 2. The van der Waals surface area contributed by atoms with Crippen LogP contribution in [-0.2, 0) is 6.54 Å². The Bertz CT molecular complexity index is 720. The summed E-state index contributed by atoms with van der Waals surface area (Å²) in [7, 11) is 1.49. The van der Waals surface area contributed by atoms with E-state index in [9.17, 15) is 18.0 Å². The van der Waals surface area contributed by atoms with Crippen LogP contribution in [0.15, 0.2) is 48.5 Å². The van der Waals surface area contributed by atoms with Crippen LogP contribution in [0.3, 0.4) is 0 Å². The summed E-state index contributed by atoms with van der Waals surface area (Å²) in [6.45, 7) is -1.23. The third-order valence-corrected chi connectivity index (χ3v) is 3.11. The minimum atomic E-state index is -4.40. The number of halogens is 3. The number of anilines is 1. The minimum absolute atomic E-state index is 0.0850. The number of carbonyl (C=O) groups excluding carboxylic acids is 1. The first-order valence-corrected chi connectivity index (χ1v) is 7.34. The van der Waals surface area contributed by atoms with Gasteiger partial charge in [0, 0.05) is 6.54 Å². The molecular formula is C17H17F3N2O3. The number of methoxy groups -OCH3 is 1. The molecule has 0 atom stereocenters. The molecule has 2 N–H and O–H groups in total. The summed E-state index contributed by atoms with van der Waals surface area (Å²) in [5, 5.41) is 5.25. The highest BCUT2D eigenvalue weighted by Gasteiger charge is 2.28. The Morgan fingerprint density at radius 2 is 1.88 bits per heavy atom. The lowest BCUT2D eigenvalue weighted by Gasteiger charge is -2.12. The van der Waals surface area contributed by atoms with E-state index in [4.69, 9.17) is 4.74 Å². The molecule has 2 aromatic rings. The monoisotopic (exact) mass is 354 g/mol. The number of hydrogen-bond acceptors (Lipinski definition) is 3. The van der Waals surface area contributed by atoms with Gasteiger partial charge in [-0.15, -0.1) is 0 Å². The van der Waals surface area contributed by atoms with Gasteiger partial charge in [0.25, 0.3) is 0 Å². The molecule has 25 heavy (non-hydrogen) atoms. The number of ether oxygens (including phenoxy) is 2. The van der Waals surface area contributed by atoms with Gasteiger partial charge in [0.2, 0.25) is 0 Å². The molecule has 0 radical (unpaired) electrons. The van der Waals surface area contributed by atoms with E-state index in [-0.39, 0.29) is 12.3 Å². The molecule has 5 nitrogen and oxygen atoms in total. The van der Waals surface area contributed by atoms with Crippen LogP contribution < -0.4 is 20.1 Å². The Hall–Kier alpha value is -2.90. The Kier molecular flexibility index (Phi) is 6.10. The van der Waals surface area contributed by atoms with Gasteiger partial charge in [-0.05, 0) is 29.8 Å². The SMILES string of the molecule is COc1ccccc1NC(=O)NCc1cccc(OCC(F)(F)F)c1. The minimum Gasteiger partial charge on any atom is -0.495 e. The molecule has 8 heteroatoms. The lowest BCUT2D eigenvalue weighted by molar-refractivity contribution is -0.153. The highest BCUT2D eigenvalue weighted by molar-refractivity contribution is 5.90. The molecule has 2 aromatic carbocycles. The first-order valence-electron chi connectivity index (χ1n) is 7.34. The van der Waals surface area contributed by atoms with Crippen LogP contribution in [0.2, 0.25) is 0 Å². The van der Waals surface area contributed by atoms with Gasteiger partial charge < -0.3 is 20.1 Å². The van der Waals surface area contributed by atoms with Crippen LogP contribution in [0, 0.1) is 0 Å². The maximum absolute atomic E-state index is 12.2. The van der Waals surface area contributed by atoms with Crippen LogP contribution in [0.5, 0.6) is 11.5 Å². The Morgan fingerprint density at radius 1 is 1.12 bits per heavy atom. The molecule has 0 fully saturated rings. The molecular weight excluding hydrogens is 337 g/mol. The quantitative estimate of drug-likeness (QED) is 0.826. The summed E-state index contributed by atoms with van der Waals surface area (Å²) in [6, 6.07) is 12.5. The third-order valence-electron chi connectivity index (χ3n) is 3.11. The van der Waals surface area contributed by atoms with Crippen LogP contribution in [0.1, 0.15) is 5.56 Å². The van der Waals surface area contributed by atoms with Gasteiger partial charge in [0.1, 0.15) is 11.5 Å². The van der Waals surface area contributed by atoms with Crippen LogP contribution >= 0.6 is 0 Å². The van der Waals surface area contributed by atoms with Gasteiger partial charge in [0.15, 0.2) is 6.61 Å². The third kappa shape index (κ3) is 6.25. The number of para-hydroxylation sites is 2. The fourth-order valence-electron chi connectivity index (χ4n) is 2.01. The fourth-order valence-corrected chi connectivity index (χ4v) is 2.01.